The smallest absolute Gasteiger partial charge is 0.0781 e. The molecule has 200 valence electrons. The van der Waals surface area contributed by atoms with Crippen LogP contribution in [0, 0.1) is 0 Å². The molecule has 33 heavy (non-hydrogen) atoms. The van der Waals surface area contributed by atoms with Crippen molar-refractivity contribution in [2.75, 3.05) is 52.7 Å². The third-order valence-corrected chi connectivity index (χ3v) is 6.13. The normalized spacial score (nSPS) is 14.6. The molecule has 0 spiro atoms. The van der Waals surface area contributed by atoms with Crippen molar-refractivity contribution in [1.29, 1.82) is 0 Å². The fraction of sp³-hybridized carbons (Fsp3) is 1.00. The lowest BCUT2D eigenvalue weighted by Gasteiger charge is -2.28. The maximum Gasteiger partial charge on any atom is 0.0781 e. The quantitative estimate of drug-likeness (QED) is 0.168. The molecule has 2 N–H and O–H groups in total. The van der Waals surface area contributed by atoms with Crippen LogP contribution < -0.4 is 0 Å². The number of aliphatic hydroxyl groups is 2. The molecule has 3 atom stereocenters. The minimum absolute atomic E-state index is 0.00339. The molecule has 0 amide bonds. The third-order valence-electron chi connectivity index (χ3n) is 6.13. The maximum absolute atomic E-state index is 9.14. The lowest BCUT2D eigenvalue weighted by molar-refractivity contribution is -0.0666. The molecule has 0 radical (unpaired) electrons. The van der Waals surface area contributed by atoms with E-state index in [1.807, 2.05) is 25.7 Å². The predicted molar refractivity (Wildman–Crippen MR) is 138 cm³/mol. The number of rotatable bonds is 26. The van der Waals surface area contributed by atoms with Gasteiger partial charge in [-0.25, -0.2) is 0 Å². The fourth-order valence-electron chi connectivity index (χ4n) is 3.91. The fourth-order valence-corrected chi connectivity index (χ4v) is 3.91. The Bertz CT molecular complexity index is 380. The van der Waals surface area contributed by atoms with Gasteiger partial charge in [0.15, 0.2) is 0 Å². The summed E-state index contributed by atoms with van der Waals surface area (Å²) in [6, 6.07) is 0.142. The second-order valence-electron chi connectivity index (χ2n) is 9.58. The first kappa shape index (κ1) is 32.8. The average Bonchev–Trinajstić information content (AvgIpc) is 2.81. The Labute approximate surface area is 205 Å². The Balaban J connectivity index is 3.51. The standard InChI is InChI=1S/C27H57NO5/c1-5-6-7-8-9-10-11-12-13-14-15-16-21-31-23-26(3)33-24-27(4)32-22-25(2)28(17-19-29)18-20-30/h25-27,29-30H,5-24H2,1-4H3. The van der Waals surface area contributed by atoms with Crippen LogP contribution in [0.3, 0.4) is 0 Å². The molecule has 0 aromatic heterocycles. The van der Waals surface area contributed by atoms with Crippen LogP contribution in [0.15, 0.2) is 0 Å². The van der Waals surface area contributed by atoms with Gasteiger partial charge in [0.1, 0.15) is 0 Å². The van der Waals surface area contributed by atoms with Gasteiger partial charge in [0.25, 0.3) is 0 Å². The SMILES string of the molecule is CCCCCCCCCCCCCCOCC(C)OCC(C)OCC(C)N(CCO)CCO. The van der Waals surface area contributed by atoms with E-state index in [0.717, 1.165) is 13.0 Å². The molecule has 0 saturated heterocycles. The van der Waals surface area contributed by atoms with E-state index < -0.39 is 0 Å². The lowest BCUT2D eigenvalue weighted by Crippen LogP contribution is -2.41. The largest absolute Gasteiger partial charge is 0.395 e. The molecule has 6 heteroatoms. The number of nitrogens with zero attached hydrogens (tertiary/aromatic N) is 1. The van der Waals surface area contributed by atoms with Gasteiger partial charge in [-0.1, -0.05) is 77.6 Å². The van der Waals surface area contributed by atoms with Gasteiger partial charge in [-0.3, -0.25) is 4.90 Å². The summed E-state index contributed by atoms with van der Waals surface area (Å²) in [5.74, 6) is 0. The van der Waals surface area contributed by atoms with E-state index in [4.69, 9.17) is 24.4 Å². The molecule has 0 aliphatic carbocycles. The van der Waals surface area contributed by atoms with Gasteiger partial charge in [0.05, 0.1) is 45.2 Å². The van der Waals surface area contributed by atoms with Crippen LogP contribution in [-0.2, 0) is 14.2 Å². The number of unbranched alkanes of at least 4 members (excludes halogenated alkanes) is 11. The highest BCUT2D eigenvalue weighted by molar-refractivity contribution is 4.67. The highest BCUT2D eigenvalue weighted by atomic mass is 16.6. The number of ether oxygens (including phenoxy) is 3. The Morgan fingerprint density at radius 1 is 0.606 bits per heavy atom. The lowest BCUT2D eigenvalue weighted by atomic mass is 10.1. The summed E-state index contributed by atoms with van der Waals surface area (Å²) in [5, 5.41) is 18.3. The molecule has 6 nitrogen and oxygen atoms in total. The number of hydrogen-bond donors (Lipinski definition) is 2. The van der Waals surface area contributed by atoms with Crippen molar-refractivity contribution in [3.63, 3.8) is 0 Å². The van der Waals surface area contributed by atoms with E-state index >= 15 is 0 Å². The van der Waals surface area contributed by atoms with Crippen molar-refractivity contribution in [3.05, 3.63) is 0 Å². The first-order valence-electron chi connectivity index (χ1n) is 13.8. The number of aliphatic hydroxyl groups excluding tert-OH is 2. The first-order valence-corrected chi connectivity index (χ1v) is 13.8. The molecule has 0 aliphatic heterocycles. The van der Waals surface area contributed by atoms with Gasteiger partial charge >= 0.3 is 0 Å². The molecule has 0 saturated carbocycles. The maximum atomic E-state index is 9.14. The molecule has 0 heterocycles. The van der Waals surface area contributed by atoms with Crippen molar-refractivity contribution in [1.82, 2.24) is 4.90 Å². The number of hydrogen-bond acceptors (Lipinski definition) is 6. The Morgan fingerprint density at radius 3 is 1.58 bits per heavy atom. The second kappa shape index (κ2) is 24.9. The topological polar surface area (TPSA) is 71.4 Å². The molecular weight excluding hydrogens is 418 g/mol. The molecule has 0 bridgehead atoms. The van der Waals surface area contributed by atoms with Crippen molar-refractivity contribution >= 4 is 0 Å². The zero-order valence-corrected chi connectivity index (χ0v) is 22.4. The zero-order chi connectivity index (χ0) is 24.6. The Kier molecular flexibility index (Phi) is 24.7. The molecule has 0 aromatic rings. The minimum atomic E-state index is -0.00339. The third kappa shape index (κ3) is 22.0. The van der Waals surface area contributed by atoms with Crippen LogP contribution in [-0.4, -0.2) is 86.1 Å². The van der Waals surface area contributed by atoms with E-state index in [1.165, 1.54) is 70.6 Å². The molecule has 0 aliphatic rings. The predicted octanol–water partition coefficient (Wildman–Crippen LogP) is 5.19. The van der Waals surface area contributed by atoms with Gasteiger partial charge in [-0.05, 0) is 27.2 Å². The van der Waals surface area contributed by atoms with Crippen LogP contribution in [0.1, 0.15) is 105 Å². The Morgan fingerprint density at radius 2 is 1.06 bits per heavy atom. The van der Waals surface area contributed by atoms with Crippen molar-refractivity contribution in [3.8, 4) is 0 Å². The van der Waals surface area contributed by atoms with Gasteiger partial charge in [0.2, 0.25) is 0 Å². The van der Waals surface area contributed by atoms with Crippen molar-refractivity contribution in [2.24, 2.45) is 0 Å². The van der Waals surface area contributed by atoms with E-state index in [2.05, 4.69) is 6.92 Å². The van der Waals surface area contributed by atoms with Crippen LogP contribution in [0.2, 0.25) is 0 Å². The van der Waals surface area contributed by atoms with Gasteiger partial charge in [-0.15, -0.1) is 0 Å². The van der Waals surface area contributed by atoms with Crippen LogP contribution >= 0.6 is 0 Å². The van der Waals surface area contributed by atoms with Crippen molar-refractivity contribution in [2.45, 2.75) is 123 Å². The van der Waals surface area contributed by atoms with Gasteiger partial charge in [-0.2, -0.15) is 0 Å². The van der Waals surface area contributed by atoms with E-state index in [-0.39, 0.29) is 31.5 Å². The molecular formula is C27H57NO5. The molecule has 0 rings (SSSR count). The second-order valence-corrected chi connectivity index (χ2v) is 9.58. The summed E-state index contributed by atoms with van der Waals surface area (Å²) in [5.41, 5.74) is 0. The van der Waals surface area contributed by atoms with Crippen LogP contribution in [0.25, 0.3) is 0 Å². The van der Waals surface area contributed by atoms with E-state index in [1.54, 1.807) is 0 Å². The summed E-state index contributed by atoms with van der Waals surface area (Å²) in [4.78, 5) is 2.03. The van der Waals surface area contributed by atoms with Crippen molar-refractivity contribution < 1.29 is 24.4 Å². The molecule has 0 aromatic carbocycles. The first-order chi connectivity index (χ1) is 16.0. The zero-order valence-electron chi connectivity index (χ0n) is 22.4. The van der Waals surface area contributed by atoms with Gasteiger partial charge in [0, 0.05) is 25.7 Å². The van der Waals surface area contributed by atoms with Crippen LogP contribution in [0.4, 0.5) is 0 Å². The average molecular weight is 476 g/mol. The van der Waals surface area contributed by atoms with E-state index in [0.29, 0.717) is 32.9 Å². The Hall–Kier alpha value is -0.240. The summed E-state index contributed by atoms with van der Waals surface area (Å²) in [7, 11) is 0. The van der Waals surface area contributed by atoms with E-state index in [9.17, 15) is 0 Å². The monoisotopic (exact) mass is 475 g/mol. The highest BCUT2D eigenvalue weighted by Gasteiger charge is 2.15. The van der Waals surface area contributed by atoms with Crippen LogP contribution in [0.5, 0.6) is 0 Å². The summed E-state index contributed by atoms with van der Waals surface area (Å²) >= 11 is 0. The summed E-state index contributed by atoms with van der Waals surface area (Å²) in [6.45, 7) is 12.2. The summed E-state index contributed by atoms with van der Waals surface area (Å²) in [6.07, 6.45) is 16.4. The minimum Gasteiger partial charge on any atom is -0.395 e. The summed E-state index contributed by atoms with van der Waals surface area (Å²) < 4.78 is 17.5. The highest BCUT2D eigenvalue weighted by Crippen LogP contribution is 2.12. The molecule has 3 unspecified atom stereocenters. The van der Waals surface area contributed by atoms with Gasteiger partial charge < -0.3 is 24.4 Å². The molecule has 0 fully saturated rings.